The highest BCUT2D eigenvalue weighted by Crippen LogP contribution is 2.21. The van der Waals surface area contributed by atoms with Gasteiger partial charge < -0.3 is 9.64 Å². The number of amides is 1. The van der Waals surface area contributed by atoms with E-state index < -0.39 is 0 Å². The molecule has 0 fully saturated rings. The van der Waals surface area contributed by atoms with Gasteiger partial charge in [0, 0.05) is 18.6 Å². The van der Waals surface area contributed by atoms with Gasteiger partial charge in [0.15, 0.2) is 0 Å². The predicted octanol–water partition coefficient (Wildman–Crippen LogP) is 3.47. The molecule has 146 valence electrons. The summed E-state index contributed by atoms with van der Waals surface area (Å²) in [6.07, 6.45) is 0. The number of aromatic nitrogens is 4. The second kappa shape index (κ2) is 9.57. The molecular weight excluding hydrogens is 398 g/mol. The smallest absolute Gasteiger partial charge is 0.233 e. The molecule has 3 rings (SSSR count). The molecule has 1 amide bonds. The van der Waals surface area contributed by atoms with Crippen LogP contribution in [0.2, 0.25) is 5.02 Å². The maximum atomic E-state index is 12.5. The first-order chi connectivity index (χ1) is 13.6. The second-order valence-corrected chi connectivity index (χ2v) is 7.35. The van der Waals surface area contributed by atoms with Crippen molar-refractivity contribution in [2.24, 2.45) is 0 Å². The molecule has 0 saturated heterocycles. The molecule has 2 aromatic carbocycles. The Bertz CT molecular complexity index is 932. The molecule has 0 aliphatic carbocycles. The first-order valence-corrected chi connectivity index (χ1v) is 10.1. The molecule has 0 N–H and O–H groups in total. The normalized spacial score (nSPS) is 10.7. The van der Waals surface area contributed by atoms with Crippen molar-refractivity contribution in [3.63, 3.8) is 0 Å². The third kappa shape index (κ3) is 5.24. The number of benzene rings is 2. The monoisotopic (exact) mass is 417 g/mol. The van der Waals surface area contributed by atoms with Crippen molar-refractivity contribution < 1.29 is 9.53 Å². The minimum Gasteiger partial charge on any atom is -0.494 e. The summed E-state index contributed by atoms with van der Waals surface area (Å²) in [6, 6.07) is 15.0. The van der Waals surface area contributed by atoms with Crippen LogP contribution in [0.1, 0.15) is 12.5 Å². The van der Waals surface area contributed by atoms with Crippen molar-refractivity contribution in [1.82, 2.24) is 25.1 Å². The van der Waals surface area contributed by atoms with E-state index in [2.05, 4.69) is 15.5 Å². The highest BCUT2D eigenvalue weighted by molar-refractivity contribution is 7.99. The fraction of sp³-hybridized carbons (Fsp3) is 0.263. The fourth-order valence-corrected chi connectivity index (χ4v) is 3.51. The molecule has 0 aliphatic rings. The maximum absolute atomic E-state index is 12.5. The van der Waals surface area contributed by atoms with Crippen LogP contribution in [0.4, 0.5) is 0 Å². The number of hydrogen-bond acceptors (Lipinski definition) is 6. The van der Waals surface area contributed by atoms with Gasteiger partial charge in [-0.15, -0.1) is 5.10 Å². The summed E-state index contributed by atoms with van der Waals surface area (Å²) < 4.78 is 7.00. The topological polar surface area (TPSA) is 73.1 Å². The molecular formula is C19H20ClN5O2S. The standard InChI is InChI=1S/C19H20ClN5O2S/c1-3-27-17-9-7-14(8-10-17)12-24(2)18(26)13-28-19-21-22-23-25(19)16-6-4-5-15(20)11-16/h4-11H,3,12-13H2,1-2H3. The van der Waals surface area contributed by atoms with E-state index in [0.717, 1.165) is 17.0 Å². The number of nitrogens with zero attached hydrogens (tertiary/aromatic N) is 5. The summed E-state index contributed by atoms with van der Waals surface area (Å²) in [5.74, 6) is 1.04. The molecule has 0 bridgehead atoms. The third-order valence-corrected chi connectivity index (χ3v) is 5.04. The lowest BCUT2D eigenvalue weighted by Gasteiger charge is -2.17. The van der Waals surface area contributed by atoms with Gasteiger partial charge in [0.25, 0.3) is 0 Å². The van der Waals surface area contributed by atoms with Crippen LogP contribution < -0.4 is 4.74 Å². The van der Waals surface area contributed by atoms with E-state index in [4.69, 9.17) is 16.3 Å². The Balaban J connectivity index is 1.57. The molecule has 0 aliphatic heterocycles. The van der Waals surface area contributed by atoms with Crippen LogP contribution >= 0.6 is 23.4 Å². The summed E-state index contributed by atoms with van der Waals surface area (Å²) in [5, 5.41) is 12.8. The molecule has 0 atom stereocenters. The van der Waals surface area contributed by atoms with Crippen LogP contribution in [-0.2, 0) is 11.3 Å². The lowest BCUT2D eigenvalue weighted by molar-refractivity contribution is -0.127. The van der Waals surface area contributed by atoms with E-state index in [0.29, 0.717) is 23.3 Å². The highest BCUT2D eigenvalue weighted by Gasteiger charge is 2.15. The summed E-state index contributed by atoms with van der Waals surface area (Å²) in [6.45, 7) is 3.09. The Morgan fingerprint density at radius 1 is 1.25 bits per heavy atom. The Morgan fingerprint density at radius 3 is 2.75 bits per heavy atom. The van der Waals surface area contributed by atoms with Crippen molar-refractivity contribution in [2.45, 2.75) is 18.6 Å². The van der Waals surface area contributed by atoms with Gasteiger partial charge in [-0.2, -0.15) is 4.68 Å². The summed E-state index contributed by atoms with van der Waals surface area (Å²) in [5.41, 5.74) is 1.78. The Hall–Kier alpha value is -2.58. The van der Waals surface area contributed by atoms with Crippen molar-refractivity contribution in [2.75, 3.05) is 19.4 Å². The van der Waals surface area contributed by atoms with E-state index in [1.54, 1.807) is 28.8 Å². The number of rotatable bonds is 8. The van der Waals surface area contributed by atoms with Gasteiger partial charge in [0.2, 0.25) is 11.1 Å². The zero-order valence-electron chi connectivity index (χ0n) is 15.6. The van der Waals surface area contributed by atoms with Gasteiger partial charge in [0.1, 0.15) is 5.75 Å². The average Bonchev–Trinajstić information content (AvgIpc) is 3.16. The van der Waals surface area contributed by atoms with Crippen LogP contribution in [-0.4, -0.2) is 50.4 Å². The van der Waals surface area contributed by atoms with E-state index >= 15 is 0 Å². The molecule has 28 heavy (non-hydrogen) atoms. The van der Waals surface area contributed by atoms with Crippen LogP contribution in [0.15, 0.2) is 53.7 Å². The summed E-state index contributed by atoms with van der Waals surface area (Å²) in [7, 11) is 1.78. The molecule has 9 heteroatoms. The first-order valence-electron chi connectivity index (χ1n) is 8.69. The number of carbonyl (C=O) groups is 1. The van der Waals surface area contributed by atoms with Gasteiger partial charge in [0.05, 0.1) is 18.0 Å². The minimum absolute atomic E-state index is 0.0143. The predicted molar refractivity (Wildman–Crippen MR) is 109 cm³/mol. The third-order valence-electron chi connectivity index (χ3n) is 3.90. The van der Waals surface area contributed by atoms with E-state index in [-0.39, 0.29) is 11.7 Å². The number of ether oxygens (including phenoxy) is 1. The van der Waals surface area contributed by atoms with Crippen molar-refractivity contribution in [3.8, 4) is 11.4 Å². The van der Waals surface area contributed by atoms with Gasteiger partial charge in [-0.1, -0.05) is 41.6 Å². The molecule has 0 unspecified atom stereocenters. The summed E-state index contributed by atoms with van der Waals surface area (Å²) in [4.78, 5) is 14.2. The Kier molecular flexibility index (Phi) is 6.89. The van der Waals surface area contributed by atoms with E-state index in [1.807, 2.05) is 43.3 Å². The number of hydrogen-bond donors (Lipinski definition) is 0. The number of thioether (sulfide) groups is 1. The van der Waals surface area contributed by atoms with Crippen LogP contribution in [0.3, 0.4) is 0 Å². The maximum Gasteiger partial charge on any atom is 0.233 e. The number of halogens is 1. The Morgan fingerprint density at radius 2 is 2.04 bits per heavy atom. The Labute approximate surface area is 172 Å². The van der Waals surface area contributed by atoms with Gasteiger partial charge >= 0.3 is 0 Å². The SMILES string of the molecule is CCOc1ccc(CN(C)C(=O)CSc2nnnn2-c2cccc(Cl)c2)cc1. The molecule has 7 nitrogen and oxygen atoms in total. The van der Waals surface area contributed by atoms with Crippen molar-refractivity contribution >= 4 is 29.3 Å². The highest BCUT2D eigenvalue weighted by atomic mass is 35.5. The molecule has 0 saturated carbocycles. The van der Waals surface area contributed by atoms with Gasteiger partial charge in [-0.25, -0.2) is 0 Å². The number of tetrazole rings is 1. The first kappa shape index (κ1) is 20.2. The van der Waals surface area contributed by atoms with E-state index in [9.17, 15) is 4.79 Å². The zero-order chi connectivity index (χ0) is 19.9. The quantitative estimate of drug-likeness (QED) is 0.522. The van der Waals surface area contributed by atoms with Crippen molar-refractivity contribution in [3.05, 3.63) is 59.1 Å². The zero-order valence-corrected chi connectivity index (χ0v) is 17.2. The lowest BCUT2D eigenvalue weighted by atomic mass is 10.2. The molecule has 3 aromatic rings. The molecule has 1 heterocycles. The molecule has 0 spiro atoms. The van der Waals surface area contributed by atoms with Crippen molar-refractivity contribution in [1.29, 1.82) is 0 Å². The van der Waals surface area contributed by atoms with Gasteiger partial charge in [-0.05, 0) is 53.2 Å². The second-order valence-electron chi connectivity index (χ2n) is 5.97. The van der Waals surface area contributed by atoms with Crippen LogP contribution in [0.25, 0.3) is 5.69 Å². The van der Waals surface area contributed by atoms with E-state index in [1.165, 1.54) is 11.8 Å². The summed E-state index contributed by atoms with van der Waals surface area (Å²) >= 11 is 7.31. The van der Waals surface area contributed by atoms with Crippen LogP contribution in [0, 0.1) is 0 Å². The van der Waals surface area contributed by atoms with Gasteiger partial charge in [-0.3, -0.25) is 4.79 Å². The lowest BCUT2D eigenvalue weighted by Crippen LogP contribution is -2.27. The molecule has 0 radical (unpaired) electrons. The fourth-order valence-electron chi connectivity index (χ4n) is 2.50. The largest absolute Gasteiger partial charge is 0.494 e. The van der Waals surface area contributed by atoms with Crippen LogP contribution in [0.5, 0.6) is 5.75 Å². The number of carbonyl (C=O) groups excluding carboxylic acids is 1. The minimum atomic E-state index is -0.0143. The molecule has 1 aromatic heterocycles. The average molecular weight is 418 g/mol.